The molecule has 0 unspecified atom stereocenters. The van der Waals surface area contributed by atoms with Gasteiger partial charge in [0.05, 0.1) is 5.56 Å². The van der Waals surface area contributed by atoms with E-state index in [4.69, 9.17) is 5.11 Å². The van der Waals surface area contributed by atoms with Gasteiger partial charge in [-0.05, 0) is 12.1 Å². The van der Waals surface area contributed by atoms with E-state index in [0.717, 1.165) is 31.9 Å². The minimum absolute atomic E-state index is 0.350. The van der Waals surface area contributed by atoms with Gasteiger partial charge in [-0.3, -0.25) is 9.59 Å². The summed E-state index contributed by atoms with van der Waals surface area (Å²) in [4.78, 5) is 24.6. The molecule has 6 heteroatoms. The number of aliphatic carboxylic acids is 1. The Kier molecular flexibility index (Phi) is 4.35. The first-order chi connectivity index (χ1) is 9.18. The van der Waals surface area contributed by atoms with Crippen LogP contribution in [0, 0.1) is 0 Å². The van der Waals surface area contributed by atoms with Gasteiger partial charge < -0.3 is 20.6 Å². The number of anilines is 1. The molecule has 6 nitrogen and oxygen atoms in total. The minimum Gasteiger partial charge on any atom is -0.480 e. The first-order valence-corrected chi connectivity index (χ1v) is 6.23. The number of nitrogens with zero attached hydrogens (tertiary/aromatic N) is 1. The van der Waals surface area contributed by atoms with Crippen LogP contribution in [0.1, 0.15) is 10.4 Å². The van der Waals surface area contributed by atoms with E-state index >= 15 is 0 Å². The number of nitrogens with one attached hydrogen (secondary N) is 2. The molecule has 0 bridgehead atoms. The topological polar surface area (TPSA) is 81.7 Å². The first-order valence-electron chi connectivity index (χ1n) is 6.23. The van der Waals surface area contributed by atoms with Crippen molar-refractivity contribution >= 4 is 17.6 Å². The highest BCUT2D eigenvalue weighted by Gasteiger charge is 2.17. The summed E-state index contributed by atoms with van der Waals surface area (Å²) in [6, 6.07) is 7.27. The lowest BCUT2D eigenvalue weighted by molar-refractivity contribution is -0.135. The van der Waals surface area contributed by atoms with Crippen LogP contribution in [-0.2, 0) is 4.79 Å². The van der Waals surface area contributed by atoms with Crippen molar-refractivity contribution in [3.8, 4) is 0 Å². The Morgan fingerprint density at radius 2 is 1.95 bits per heavy atom. The summed E-state index contributed by atoms with van der Waals surface area (Å²) in [7, 11) is 0. The van der Waals surface area contributed by atoms with E-state index in [0.29, 0.717) is 5.56 Å². The van der Waals surface area contributed by atoms with Crippen molar-refractivity contribution in [3.63, 3.8) is 0 Å². The molecule has 2 rings (SSSR count). The van der Waals surface area contributed by atoms with Gasteiger partial charge in [-0.25, -0.2) is 0 Å². The minimum atomic E-state index is -1.05. The van der Waals surface area contributed by atoms with Crippen molar-refractivity contribution < 1.29 is 14.7 Å². The molecular weight excluding hydrogens is 246 g/mol. The van der Waals surface area contributed by atoms with Crippen LogP contribution in [0.15, 0.2) is 24.3 Å². The highest BCUT2D eigenvalue weighted by atomic mass is 16.4. The third-order valence-electron chi connectivity index (χ3n) is 3.01. The number of benzene rings is 1. The Morgan fingerprint density at radius 1 is 1.26 bits per heavy atom. The maximum atomic E-state index is 12.0. The fourth-order valence-corrected chi connectivity index (χ4v) is 2.10. The van der Waals surface area contributed by atoms with Crippen LogP contribution in [0.4, 0.5) is 5.69 Å². The highest BCUT2D eigenvalue weighted by Crippen LogP contribution is 2.20. The van der Waals surface area contributed by atoms with Crippen molar-refractivity contribution in [2.24, 2.45) is 0 Å². The molecule has 1 heterocycles. The van der Waals surface area contributed by atoms with E-state index < -0.39 is 5.97 Å². The second kappa shape index (κ2) is 6.19. The van der Waals surface area contributed by atoms with Crippen LogP contribution in [0.5, 0.6) is 0 Å². The van der Waals surface area contributed by atoms with E-state index in [9.17, 15) is 9.59 Å². The van der Waals surface area contributed by atoms with Gasteiger partial charge in [0.15, 0.2) is 0 Å². The van der Waals surface area contributed by atoms with E-state index in [1.165, 1.54) is 0 Å². The molecule has 3 N–H and O–H groups in total. The molecule has 1 fully saturated rings. The summed E-state index contributed by atoms with van der Waals surface area (Å²) in [5.41, 5.74) is 1.37. The van der Waals surface area contributed by atoms with E-state index in [1.807, 2.05) is 12.1 Å². The van der Waals surface area contributed by atoms with Gasteiger partial charge in [0.25, 0.3) is 5.91 Å². The molecule has 1 aromatic carbocycles. The van der Waals surface area contributed by atoms with Crippen LogP contribution >= 0.6 is 0 Å². The Labute approximate surface area is 111 Å². The number of hydrogen-bond donors (Lipinski definition) is 3. The van der Waals surface area contributed by atoms with Crippen molar-refractivity contribution in [1.29, 1.82) is 0 Å². The van der Waals surface area contributed by atoms with Crippen LogP contribution in [-0.4, -0.2) is 49.7 Å². The SMILES string of the molecule is O=C(O)CNC(=O)c1ccccc1N1CCNCC1. The fraction of sp³-hybridized carbons (Fsp3) is 0.385. The third kappa shape index (κ3) is 3.45. The van der Waals surface area contributed by atoms with Crippen molar-refractivity contribution in [2.75, 3.05) is 37.6 Å². The lowest BCUT2D eigenvalue weighted by atomic mass is 10.1. The molecule has 102 valence electrons. The average molecular weight is 263 g/mol. The zero-order valence-corrected chi connectivity index (χ0v) is 10.6. The Bertz CT molecular complexity index is 470. The van der Waals surface area contributed by atoms with Crippen molar-refractivity contribution in [1.82, 2.24) is 10.6 Å². The molecule has 0 atom stereocenters. The number of carboxylic acids is 1. The Balaban J connectivity index is 2.15. The summed E-state index contributed by atoms with van der Waals surface area (Å²) >= 11 is 0. The van der Waals surface area contributed by atoms with E-state index in [2.05, 4.69) is 15.5 Å². The third-order valence-corrected chi connectivity index (χ3v) is 3.01. The monoisotopic (exact) mass is 263 g/mol. The van der Waals surface area contributed by atoms with Crippen LogP contribution in [0.25, 0.3) is 0 Å². The lowest BCUT2D eigenvalue weighted by Gasteiger charge is -2.30. The van der Waals surface area contributed by atoms with Gasteiger partial charge in [0.2, 0.25) is 0 Å². The van der Waals surface area contributed by atoms with E-state index in [1.54, 1.807) is 12.1 Å². The molecule has 19 heavy (non-hydrogen) atoms. The summed E-state index contributed by atoms with van der Waals surface area (Å²) in [5.74, 6) is -1.40. The van der Waals surface area contributed by atoms with Gasteiger partial charge >= 0.3 is 5.97 Å². The van der Waals surface area contributed by atoms with Gasteiger partial charge in [-0.2, -0.15) is 0 Å². The molecule has 1 aliphatic heterocycles. The molecule has 1 amide bonds. The maximum Gasteiger partial charge on any atom is 0.322 e. The van der Waals surface area contributed by atoms with E-state index in [-0.39, 0.29) is 12.5 Å². The van der Waals surface area contributed by atoms with Gasteiger partial charge in [0.1, 0.15) is 6.54 Å². The van der Waals surface area contributed by atoms with Gasteiger partial charge in [0, 0.05) is 31.9 Å². The summed E-state index contributed by atoms with van der Waals surface area (Å²) in [6.07, 6.45) is 0. The van der Waals surface area contributed by atoms with Crippen LogP contribution < -0.4 is 15.5 Å². The summed E-state index contributed by atoms with van der Waals surface area (Å²) in [5, 5.41) is 14.2. The smallest absolute Gasteiger partial charge is 0.322 e. The number of rotatable bonds is 4. The zero-order valence-electron chi connectivity index (χ0n) is 10.6. The zero-order chi connectivity index (χ0) is 13.7. The highest BCUT2D eigenvalue weighted by molar-refractivity contribution is 6.00. The maximum absolute atomic E-state index is 12.0. The molecular formula is C13H17N3O3. The number of carbonyl (C=O) groups excluding carboxylic acids is 1. The van der Waals surface area contributed by atoms with Gasteiger partial charge in [-0.15, -0.1) is 0 Å². The lowest BCUT2D eigenvalue weighted by Crippen LogP contribution is -2.44. The Morgan fingerprint density at radius 3 is 2.63 bits per heavy atom. The number of para-hydroxylation sites is 1. The molecule has 0 aliphatic carbocycles. The van der Waals surface area contributed by atoms with Gasteiger partial charge in [-0.1, -0.05) is 12.1 Å². The molecule has 0 saturated carbocycles. The predicted molar refractivity (Wildman–Crippen MR) is 71.5 cm³/mol. The van der Waals surface area contributed by atoms with Crippen molar-refractivity contribution in [3.05, 3.63) is 29.8 Å². The molecule has 0 aromatic heterocycles. The number of carboxylic acid groups (broad SMARTS) is 1. The fourth-order valence-electron chi connectivity index (χ4n) is 2.10. The number of hydrogen-bond acceptors (Lipinski definition) is 4. The second-order valence-corrected chi connectivity index (χ2v) is 4.33. The normalized spacial score (nSPS) is 15.1. The number of carbonyl (C=O) groups is 2. The summed E-state index contributed by atoms with van der Waals surface area (Å²) in [6.45, 7) is 3.07. The average Bonchev–Trinajstić information content (AvgIpc) is 2.45. The number of piperazine rings is 1. The molecule has 1 saturated heterocycles. The van der Waals surface area contributed by atoms with Crippen molar-refractivity contribution in [2.45, 2.75) is 0 Å². The molecule has 0 radical (unpaired) electrons. The standard InChI is InChI=1S/C13H17N3O3/c17-12(18)9-15-13(19)10-3-1-2-4-11(10)16-7-5-14-6-8-16/h1-4,14H,5-9H2,(H,15,19)(H,17,18). The quantitative estimate of drug-likeness (QED) is 0.707. The van der Waals surface area contributed by atoms with Crippen LogP contribution in [0.3, 0.4) is 0 Å². The molecule has 1 aliphatic rings. The first kappa shape index (κ1) is 13.4. The Hall–Kier alpha value is -2.08. The number of amides is 1. The molecule has 1 aromatic rings. The summed E-state index contributed by atoms with van der Waals surface area (Å²) < 4.78 is 0. The van der Waals surface area contributed by atoms with Crippen LogP contribution in [0.2, 0.25) is 0 Å². The largest absolute Gasteiger partial charge is 0.480 e. The molecule has 0 spiro atoms. The second-order valence-electron chi connectivity index (χ2n) is 4.33. The predicted octanol–water partition coefficient (Wildman–Crippen LogP) is -0.0894.